The van der Waals surface area contributed by atoms with Crippen LogP contribution in [0.1, 0.15) is 36.9 Å². The van der Waals surface area contributed by atoms with Crippen molar-refractivity contribution in [3.8, 4) is 10.9 Å². The van der Waals surface area contributed by atoms with Crippen LogP contribution in [0.4, 0.5) is 4.39 Å². The highest BCUT2D eigenvalue weighted by molar-refractivity contribution is 7.13. The Kier molecular flexibility index (Phi) is 9.21. The Morgan fingerprint density at radius 1 is 1.42 bits per heavy atom. The number of aryl methyl sites for hydroxylation is 1. The molecule has 0 saturated carbocycles. The average Bonchev–Trinajstić information content (AvgIpc) is 3.00. The number of halogens is 3. The molecule has 0 aliphatic rings. The summed E-state index contributed by atoms with van der Waals surface area (Å²) in [5.41, 5.74) is 0.445. The topological polar surface area (TPSA) is 76.1 Å². The Bertz CT molecular complexity index is 732. The second-order valence-corrected chi connectivity index (χ2v) is 7.07. The molecule has 0 aliphatic carbocycles. The summed E-state index contributed by atoms with van der Waals surface area (Å²) in [4.78, 5) is 10.4. The van der Waals surface area contributed by atoms with Crippen LogP contribution in [0.3, 0.4) is 0 Å². The van der Waals surface area contributed by atoms with Crippen LogP contribution in [0.2, 0.25) is 5.02 Å². The fourth-order valence-corrected chi connectivity index (χ4v) is 3.10. The van der Waals surface area contributed by atoms with Crippen molar-refractivity contribution in [3.05, 3.63) is 33.5 Å². The van der Waals surface area contributed by atoms with Crippen molar-refractivity contribution < 1.29 is 13.9 Å². The van der Waals surface area contributed by atoms with E-state index in [0.29, 0.717) is 29.9 Å². The number of rotatable bonds is 9. The van der Waals surface area contributed by atoms with Crippen LogP contribution < -0.4 is 15.4 Å². The quantitative estimate of drug-likeness (QED) is 0.596. The predicted molar refractivity (Wildman–Crippen MR) is 103 cm³/mol. The molecule has 2 rings (SSSR count). The third-order valence-corrected chi connectivity index (χ3v) is 4.57. The van der Waals surface area contributed by atoms with Crippen molar-refractivity contribution in [2.75, 3.05) is 6.54 Å². The van der Waals surface area contributed by atoms with Gasteiger partial charge in [0.15, 0.2) is 11.6 Å². The minimum atomic E-state index is -0.532. The molecular formula is C16H21Cl2FN4O2S. The number of benzene rings is 1. The molecule has 144 valence electrons. The third-order valence-electron chi connectivity index (χ3n) is 3.55. The lowest BCUT2D eigenvalue weighted by Crippen LogP contribution is -2.38. The Labute approximate surface area is 166 Å². The normalized spacial score (nSPS) is 12.8. The molecule has 6 nitrogen and oxygen atoms in total. The summed E-state index contributed by atoms with van der Waals surface area (Å²) in [6.07, 6.45) is 1.29. The molecule has 0 bridgehead atoms. The summed E-state index contributed by atoms with van der Waals surface area (Å²) in [5.74, 6) is -0.593. The lowest BCUT2D eigenvalue weighted by Gasteiger charge is -2.23. The van der Waals surface area contributed by atoms with Gasteiger partial charge in [0.25, 0.3) is 5.19 Å². The summed E-state index contributed by atoms with van der Waals surface area (Å²) in [6, 6.07) is 2.96. The number of hydrogen-bond donors (Lipinski definition) is 2. The van der Waals surface area contributed by atoms with E-state index < -0.39 is 5.82 Å². The average molecular weight is 423 g/mol. The van der Waals surface area contributed by atoms with Crippen LogP contribution in [-0.4, -0.2) is 29.2 Å². The maximum Gasteiger partial charge on any atom is 0.299 e. The van der Waals surface area contributed by atoms with Crippen molar-refractivity contribution >= 4 is 41.8 Å². The third kappa shape index (κ3) is 5.77. The summed E-state index contributed by atoms with van der Waals surface area (Å²) in [5, 5.41) is 14.7. The van der Waals surface area contributed by atoms with Gasteiger partial charge < -0.3 is 15.4 Å². The van der Waals surface area contributed by atoms with Crippen LogP contribution in [0.25, 0.3) is 0 Å². The van der Waals surface area contributed by atoms with Crippen LogP contribution in [-0.2, 0) is 4.79 Å². The number of carbonyl (C=O) groups excluding carboxylic acids is 1. The molecule has 2 N–H and O–H groups in total. The maximum absolute atomic E-state index is 15.0. The first kappa shape index (κ1) is 22.6. The van der Waals surface area contributed by atoms with Gasteiger partial charge in [-0.2, -0.15) is 0 Å². The Morgan fingerprint density at radius 2 is 2.15 bits per heavy atom. The van der Waals surface area contributed by atoms with E-state index in [0.717, 1.165) is 0 Å². The van der Waals surface area contributed by atoms with Crippen LogP contribution in [0.5, 0.6) is 10.9 Å². The van der Waals surface area contributed by atoms with Gasteiger partial charge in [-0.15, -0.1) is 17.5 Å². The maximum atomic E-state index is 15.0. The first-order chi connectivity index (χ1) is 12.0. The van der Waals surface area contributed by atoms with E-state index in [1.165, 1.54) is 11.3 Å². The number of carbonyl (C=O) groups is 1. The lowest BCUT2D eigenvalue weighted by molar-refractivity contribution is -0.109. The second-order valence-electron chi connectivity index (χ2n) is 5.52. The number of aromatic nitrogens is 2. The molecule has 1 heterocycles. The number of ether oxygens (including phenoxy) is 1. The minimum absolute atomic E-state index is 0. The SMILES string of the molecule is CC[C@@H](N[C@H](C)CNC=O)c1ccc(Cl)c(Oc2nnc(C)s2)c1F.Cl. The molecule has 0 fully saturated rings. The summed E-state index contributed by atoms with van der Waals surface area (Å²) >= 11 is 7.32. The van der Waals surface area contributed by atoms with E-state index in [1.807, 2.05) is 13.8 Å². The number of amides is 1. The van der Waals surface area contributed by atoms with E-state index in [2.05, 4.69) is 20.8 Å². The van der Waals surface area contributed by atoms with Crippen LogP contribution >= 0.6 is 35.3 Å². The molecule has 1 aromatic carbocycles. The molecular weight excluding hydrogens is 402 g/mol. The summed E-state index contributed by atoms with van der Waals surface area (Å²) in [6.45, 7) is 6.09. The number of nitrogens with zero attached hydrogens (tertiary/aromatic N) is 2. The molecule has 0 unspecified atom stereocenters. The molecule has 1 aromatic heterocycles. The molecule has 0 spiro atoms. The first-order valence-corrected chi connectivity index (χ1v) is 9.04. The van der Waals surface area contributed by atoms with Crippen LogP contribution in [0, 0.1) is 12.7 Å². The van der Waals surface area contributed by atoms with Gasteiger partial charge in [0, 0.05) is 24.2 Å². The zero-order valence-corrected chi connectivity index (χ0v) is 17.0. The van der Waals surface area contributed by atoms with Gasteiger partial charge in [-0.1, -0.05) is 41.0 Å². The molecule has 26 heavy (non-hydrogen) atoms. The van der Waals surface area contributed by atoms with Crippen molar-refractivity contribution in [1.29, 1.82) is 0 Å². The van der Waals surface area contributed by atoms with E-state index in [9.17, 15) is 4.79 Å². The molecule has 0 radical (unpaired) electrons. The van der Waals surface area contributed by atoms with Crippen molar-refractivity contribution in [2.24, 2.45) is 0 Å². The van der Waals surface area contributed by atoms with E-state index in [1.54, 1.807) is 19.1 Å². The van der Waals surface area contributed by atoms with Gasteiger partial charge in [-0.05, 0) is 26.3 Å². The second kappa shape index (κ2) is 10.6. The molecule has 2 aromatic rings. The number of hydrogen-bond acceptors (Lipinski definition) is 6. The molecule has 2 atom stereocenters. The van der Waals surface area contributed by atoms with Crippen molar-refractivity contribution in [2.45, 2.75) is 39.3 Å². The summed E-state index contributed by atoms with van der Waals surface area (Å²) < 4.78 is 20.5. The standard InChI is InChI=1S/C16H20ClFN4O2S.ClH/c1-4-13(20-9(2)7-19-8-23)11-5-6-12(17)15(14(11)18)24-16-22-21-10(3)25-16;/h5-6,8-9,13,20H,4,7H2,1-3H3,(H,19,23);1H/t9-,13-;/m1./s1. The van der Waals surface area contributed by atoms with Gasteiger partial charge in [-0.25, -0.2) is 4.39 Å². The van der Waals surface area contributed by atoms with Gasteiger partial charge in [0.05, 0.1) is 5.02 Å². The van der Waals surface area contributed by atoms with E-state index in [-0.39, 0.29) is 40.5 Å². The fourth-order valence-electron chi connectivity index (χ4n) is 2.37. The molecule has 1 amide bonds. The van der Waals surface area contributed by atoms with Gasteiger partial charge >= 0.3 is 0 Å². The predicted octanol–water partition coefficient (Wildman–Crippen LogP) is 4.03. The highest BCUT2D eigenvalue weighted by atomic mass is 35.5. The molecule has 0 saturated heterocycles. The zero-order chi connectivity index (χ0) is 18.4. The molecule has 0 aliphatic heterocycles. The van der Waals surface area contributed by atoms with Crippen molar-refractivity contribution in [3.63, 3.8) is 0 Å². The minimum Gasteiger partial charge on any atom is -0.425 e. The van der Waals surface area contributed by atoms with Crippen LogP contribution in [0.15, 0.2) is 12.1 Å². The zero-order valence-electron chi connectivity index (χ0n) is 14.6. The lowest BCUT2D eigenvalue weighted by atomic mass is 10.0. The summed E-state index contributed by atoms with van der Waals surface area (Å²) in [7, 11) is 0. The van der Waals surface area contributed by atoms with Gasteiger partial charge in [-0.3, -0.25) is 4.79 Å². The van der Waals surface area contributed by atoms with E-state index >= 15 is 4.39 Å². The Balaban J connectivity index is 0.00000338. The fraction of sp³-hybridized carbons (Fsp3) is 0.438. The highest BCUT2D eigenvalue weighted by Gasteiger charge is 2.22. The van der Waals surface area contributed by atoms with E-state index in [4.69, 9.17) is 16.3 Å². The molecule has 10 heteroatoms. The highest BCUT2D eigenvalue weighted by Crippen LogP contribution is 2.37. The largest absolute Gasteiger partial charge is 0.425 e. The monoisotopic (exact) mass is 422 g/mol. The smallest absolute Gasteiger partial charge is 0.299 e. The first-order valence-electron chi connectivity index (χ1n) is 7.85. The number of nitrogens with one attached hydrogen (secondary N) is 2. The van der Waals surface area contributed by atoms with Crippen molar-refractivity contribution in [1.82, 2.24) is 20.8 Å². The Hall–Kier alpha value is -1.48. The Morgan fingerprint density at radius 3 is 2.73 bits per heavy atom. The van der Waals surface area contributed by atoms with Gasteiger partial charge in [0.1, 0.15) is 5.01 Å². The van der Waals surface area contributed by atoms with Gasteiger partial charge in [0.2, 0.25) is 6.41 Å².